The lowest BCUT2D eigenvalue weighted by atomic mass is 10.0. The molecule has 1 aromatic carbocycles. The van der Waals surface area contributed by atoms with Crippen LogP contribution in [0.25, 0.3) is 0 Å². The van der Waals surface area contributed by atoms with E-state index in [9.17, 15) is 4.79 Å². The molecule has 1 aliphatic heterocycles. The van der Waals surface area contributed by atoms with Crippen molar-refractivity contribution in [3.63, 3.8) is 0 Å². The van der Waals surface area contributed by atoms with Crippen LogP contribution in [0.3, 0.4) is 0 Å². The predicted molar refractivity (Wildman–Crippen MR) is 118 cm³/mol. The summed E-state index contributed by atoms with van der Waals surface area (Å²) in [6, 6.07) is 8.71. The largest absolute Gasteiger partial charge is 0.357 e. The number of rotatable bonds is 9. The fraction of sp³-hybridized carbons (Fsp3) is 0.636. The third kappa shape index (κ3) is 8.30. The van der Waals surface area contributed by atoms with E-state index in [1.54, 1.807) is 0 Å². The highest BCUT2D eigenvalue weighted by Gasteiger charge is 2.16. The van der Waals surface area contributed by atoms with Gasteiger partial charge in [0.15, 0.2) is 5.96 Å². The summed E-state index contributed by atoms with van der Waals surface area (Å²) in [5, 5.41) is 9.53. The predicted octanol–water partition coefficient (Wildman–Crippen LogP) is 3.01. The molecule has 156 valence electrons. The highest BCUT2D eigenvalue weighted by molar-refractivity contribution is 5.88. The molecule has 6 heteroatoms. The Hall–Kier alpha value is -2.08. The Morgan fingerprint density at radius 1 is 1.21 bits per heavy atom. The number of anilines is 1. The van der Waals surface area contributed by atoms with Crippen molar-refractivity contribution in [2.75, 3.05) is 38.0 Å². The Morgan fingerprint density at radius 3 is 2.68 bits per heavy atom. The van der Waals surface area contributed by atoms with Gasteiger partial charge in [-0.1, -0.05) is 18.6 Å². The van der Waals surface area contributed by atoms with Crippen LogP contribution in [0.4, 0.5) is 5.69 Å². The molecule has 1 amide bonds. The van der Waals surface area contributed by atoms with Gasteiger partial charge in [-0.05, 0) is 63.8 Å². The smallest absolute Gasteiger partial charge is 0.221 e. The molecule has 1 heterocycles. The zero-order valence-electron chi connectivity index (χ0n) is 17.8. The highest BCUT2D eigenvalue weighted by atomic mass is 16.1. The lowest BCUT2D eigenvalue weighted by Gasteiger charge is -2.33. The number of likely N-dealkylation sites (tertiary alicyclic amines) is 1. The van der Waals surface area contributed by atoms with Crippen molar-refractivity contribution in [1.29, 1.82) is 0 Å². The second kappa shape index (κ2) is 12.4. The molecule has 0 radical (unpaired) electrons. The number of carbonyl (C=O) groups is 1. The van der Waals surface area contributed by atoms with Crippen molar-refractivity contribution >= 4 is 17.6 Å². The van der Waals surface area contributed by atoms with E-state index in [0.29, 0.717) is 0 Å². The van der Waals surface area contributed by atoms with Crippen LogP contribution >= 0.6 is 0 Å². The van der Waals surface area contributed by atoms with E-state index >= 15 is 0 Å². The molecule has 3 N–H and O–H groups in total. The van der Waals surface area contributed by atoms with Gasteiger partial charge in [-0.2, -0.15) is 0 Å². The maximum absolute atomic E-state index is 11.1. The van der Waals surface area contributed by atoms with Gasteiger partial charge in [-0.25, -0.2) is 0 Å². The van der Waals surface area contributed by atoms with Gasteiger partial charge in [0, 0.05) is 44.8 Å². The Kier molecular flexibility index (Phi) is 9.83. The number of aliphatic imine (C=N–C) groups is 1. The Bertz CT molecular complexity index is 614. The van der Waals surface area contributed by atoms with Crippen molar-refractivity contribution in [3.05, 3.63) is 29.8 Å². The molecule has 0 aromatic heterocycles. The summed E-state index contributed by atoms with van der Waals surface area (Å²) >= 11 is 0. The van der Waals surface area contributed by atoms with E-state index in [4.69, 9.17) is 4.99 Å². The summed E-state index contributed by atoms with van der Waals surface area (Å²) in [5.41, 5.74) is 2.07. The van der Waals surface area contributed by atoms with Crippen molar-refractivity contribution in [2.24, 2.45) is 4.99 Å². The first-order chi connectivity index (χ1) is 13.6. The fourth-order valence-electron chi connectivity index (χ4n) is 3.58. The minimum absolute atomic E-state index is 0.0457. The second-order valence-corrected chi connectivity index (χ2v) is 7.55. The van der Waals surface area contributed by atoms with Crippen LogP contribution in [0.15, 0.2) is 29.3 Å². The van der Waals surface area contributed by atoms with Crippen LogP contribution in [0.2, 0.25) is 0 Å². The van der Waals surface area contributed by atoms with Gasteiger partial charge in [0.05, 0.1) is 0 Å². The zero-order valence-corrected chi connectivity index (χ0v) is 17.8. The first kappa shape index (κ1) is 22.2. The van der Waals surface area contributed by atoms with Crippen molar-refractivity contribution < 1.29 is 4.79 Å². The zero-order chi connectivity index (χ0) is 20.2. The minimum atomic E-state index is -0.0457. The van der Waals surface area contributed by atoms with Gasteiger partial charge in [-0.3, -0.25) is 9.79 Å². The number of nitrogens with zero attached hydrogens (tertiary/aromatic N) is 2. The van der Waals surface area contributed by atoms with E-state index in [2.05, 4.69) is 46.8 Å². The van der Waals surface area contributed by atoms with E-state index < -0.39 is 0 Å². The van der Waals surface area contributed by atoms with Gasteiger partial charge < -0.3 is 20.9 Å². The van der Waals surface area contributed by atoms with Gasteiger partial charge >= 0.3 is 0 Å². The quantitative estimate of drug-likeness (QED) is 0.346. The molecule has 1 saturated heterocycles. The molecular weight excluding hydrogens is 350 g/mol. The first-order valence-electron chi connectivity index (χ1n) is 10.7. The number of amides is 1. The third-order valence-corrected chi connectivity index (χ3v) is 5.14. The molecule has 1 fully saturated rings. The van der Waals surface area contributed by atoms with Crippen molar-refractivity contribution in [1.82, 2.24) is 15.5 Å². The molecule has 1 aromatic rings. The van der Waals surface area contributed by atoms with Crippen LogP contribution in [-0.2, 0) is 11.2 Å². The van der Waals surface area contributed by atoms with Crippen LogP contribution in [0.5, 0.6) is 0 Å². The standard InChI is InChI=1S/C22H37N5O/c1-4-23-22(24-14-7-17-27-16-6-5-8-18(27)2)25-15-13-20-9-11-21(12-10-20)26-19(3)28/h9-12,18H,4-8,13-17H2,1-3H3,(H,26,28)(H2,23,24,25). The number of piperidine rings is 1. The monoisotopic (exact) mass is 387 g/mol. The van der Waals surface area contributed by atoms with Gasteiger partial charge in [0.25, 0.3) is 0 Å². The van der Waals surface area contributed by atoms with Gasteiger partial charge in [0.2, 0.25) is 5.91 Å². The minimum Gasteiger partial charge on any atom is -0.357 e. The molecule has 28 heavy (non-hydrogen) atoms. The Balaban J connectivity index is 1.70. The highest BCUT2D eigenvalue weighted by Crippen LogP contribution is 2.16. The number of hydrogen-bond donors (Lipinski definition) is 3. The van der Waals surface area contributed by atoms with Crippen LogP contribution in [0, 0.1) is 0 Å². The fourth-order valence-corrected chi connectivity index (χ4v) is 3.58. The van der Waals surface area contributed by atoms with Crippen LogP contribution in [-0.4, -0.2) is 55.5 Å². The second-order valence-electron chi connectivity index (χ2n) is 7.55. The molecule has 0 aliphatic carbocycles. The molecule has 0 spiro atoms. The van der Waals surface area contributed by atoms with E-state index in [0.717, 1.165) is 56.7 Å². The molecule has 1 unspecified atom stereocenters. The SMILES string of the molecule is CCNC(=NCCCN1CCCCC1C)NCCc1ccc(NC(C)=O)cc1. The lowest BCUT2D eigenvalue weighted by molar-refractivity contribution is -0.114. The topological polar surface area (TPSA) is 68.8 Å². The summed E-state index contributed by atoms with van der Waals surface area (Å²) < 4.78 is 0. The van der Waals surface area contributed by atoms with E-state index in [1.807, 2.05) is 12.1 Å². The molecule has 1 aliphatic rings. The summed E-state index contributed by atoms with van der Waals surface area (Å²) in [4.78, 5) is 18.4. The molecule has 6 nitrogen and oxygen atoms in total. The Morgan fingerprint density at radius 2 is 2.00 bits per heavy atom. The van der Waals surface area contributed by atoms with Crippen molar-refractivity contribution in [3.8, 4) is 0 Å². The lowest BCUT2D eigenvalue weighted by Crippen LogP contribution is -2.39. The Labute approximate surface area is 170 Å². The van der Waals surface area contributed by atoms with Crippen molar-refractivity contribution in [2.45, 2.75) is 58.9 Å². The molecule has 0 bridgehead atoms. The summed E-state index contributed by atoms with van der Waals surface area (Å²) in [7, 11) is 0. The first-order valence-corrected chi connectivity index (χ1v) is 10.7. The average molecular weight is 388 g/mol. The average Bonchev–Trinajstić information content (AvgIpc) is 2.67. The molecule has 2 rings (SSSR count). The number of hydrogen-bond acceptors (Lipinski definition) is 3. The van der Waals surface area contributed by atoms with Gasteiger partial charge in [-0.15, -0.1) is 0 Å². The number of carbonyl (C=O) groups excluding carboxylic acids is 1. The number of nitrogens with one attached hydrogen (secondary N) is 3. The molecule has 1 atom stereocenters. The molecule has 0 saturated carbocycles. The third-order valence-electron chi connectivity index (χ3n) is 5.14. The summed E-state index contributed by atoms with van der Waals surface area (Å²) in [6.45, 7) is 10.9. The number of benzene rings is 1. The van der Waals surface area contributed by atoms with E-state index in [1.165, 1.54) is 38.3 Å². The summed E-state index contributed by atoms with van der Waals surface area (Å²) in [5.74, 6) is 0.847. The van der Waals surface area contributed by atoms with Gasteiger partial charge in [0.1, 0.15) is 0 Å². The maximum atomic E-state index is 11.1. The van der Waals surface area contributed by atoms with Crippen LogP contribution < -0.4 is 16.0 Å². The maximum Gasteiger partial charge on any atom is 0.221 e. The van der Waals surface area contributed by atoms with Crippen LogP contribution in [0.1, 0.15) is 52.0 Å². The number of guanidine groups is 1. The normalized spacial score (nSPS) is 18.0. The molecular formula is C22H37N5O. The summed E-state index contributed by atoms with van der Waals surface area (Å²) in [6.07, 6.45) is 6.06. The van der Waals surface area contributed by atoms with E-state index in [-0.39, 0.29) is 5.91 Å².